The van der Waals surface area contributed by atoms with Crippen LogP contribution in [-0.4, -0.2) is 21.6 Å². The smallest absolute Gasteiger partial charge is 0.255 e. The zero-order valence-corrected chi connectivity index (χ0v) is 18.8. The van der Waals surface area contributed by atoms with Gasteiger partial charge >= 0.3 is 0 Å². The van der Waals surface area contributed by atoms with E-state index in [2.05, 4.69) is 10.6 Å². The minimum atomic E-state index is -0.232. The second kappa shape index (κ2) is 10.1. The molecule has 2 N–H and O–H groups in total. The van der Waals surface area contributed by atoms with E-state index in [1.165, 1.54) is 6.92 Å². The maximum Gasteiger partial charge on any atom is 0.255 e. The van der Waals surface area contributed by atoms with Crippen LogP contribution in [0.1, 0.15) is 28.4 Å². The third kappa shape index (κ3) is 5.87. The lowest BCUT2D eigenvalue weighted by molar-refractivity contribution is -0.114. The Kier molecular flexibility index (Phi) is 6.86. The number of carbonyl (C=O) groups is 2. The largest absolute Gasteiger partial charge is 0.348 e. The topological polar surface area (TPSA) is 76.0 Å². The molecule has 0 radical (unpaired) electrons. The van der Waals surface area contributed by atoms with Gasteiger partial charge in [-0.15, -0.1) is 0 Å². The SMILES string of the molecule is CC(=O)Nc1cccc(CNC(=O)c2cn(Cc3ccccc3)nc2-c2ccc(Cl)cc2)c1. The standard InChI is InChI=1S/C26H23ClN4O2/c1-18(32)29-23-9-5-8-20(14-23)15-28-26(33)24-17-31(16-19-6-3-2-4-7-19)30-25(24)21-10-12-22(27)13-11-21/h2-14,17H,15-16H2,1H3,(H,28,33)(H,29,32). The highest BCUT2D eigenvalue weighted by Crippen LogP contribution is 2.24. The van der Waals surface area contributed by atoms with E-state index in [9.17, 15) is 9.59 Å². The summed E-state index contributed by atoms with van der Waals surface area (Å²) in [4.78, 5) is 24.5. The molecule has 4 aromatic rings. The Morgan fingerprint density at radius 3 is 2.39 bits per heavy atom. The third-order valence-corrected chi connectivity index (χ3v) is 5.26. The summed E-state index contributed by atoms with van der Waals surface area (Å²) in [5.41, 5.74) is 4.53. The highest BCUT2D eigenvalue weighted by molar-refractivity contribution is 6.30. The Morgan fingerprint density at radius 1 is 0.939 bits per heavy atom. The second-order valence-electron chi connectivity index (χ2n) is 7.65. The number of nitrogens with one attached hydrogen (secondary N) is 2. The van der Waals surface area contributed by atoms with Crippen LogP contribution >= 0.6 is 11.6 Å². The number of hydrogen-bond acceptors (Lipinski definition) is 3. The highest BCUT2D eigenvalue weighted by Gasteiger charge is 2.18. The zero-order chi connectivity index (χ0) is 23.2. The van der Waals surface area contributed by atoms with E-state index in [0.717, 1.165) is 16.7 Å². The maximum absolute atomic E-state index is 13.1. The quantitative estimate of drug-likeness (QED) is 0.402. The fourth-order valence-corrected chi connectivity index (χ4v) is 3.63. The second-order valence-corrected chi connectivity index (χ2v) is 8.08. The van der Waals surface area contributed by atoms with Crippen LogP contribution in [0.25, 0.3) is 11.3 Å². The van der Waals surface area contributed by atoms with E-state index in [1.54, 1.807) is 29.1 Å². The van der Waals surface area contributed by atoms with Gasteiger partial charge in [0.2, 0.25) is 5.91 Å². The summed E-state index contributed by atoms with van der Waals surface area (Å²) in [7, 11) is 0. The van der Waals surface area contributed by atoms with Crippen molar-refractivity contribution >= 4 is 29.1 Å². The van der Waals surface area contributed by atoms with E-state index in [1.807, 2.05) is 60.7 Å². The number of aromatic nitrogens is 2. The summed E-state index contributed by atoms with van der Waals surface area (Å²) in [6.45, 7) is 2.32. The molecule has 2 amide bonds. The van der Waals surface area contributed by atoms with Crippen LogP contribution < -0.4 is 10.6 Å². The summed E-state index contributed by atoms with van der Waals surface area (Å²) in [6, 6.07) is 24.6. The Hall–Kier alpha value is -3.90. The number of anilines is 1. The molecular weight excluding hydrogens is 436 g/mol. The molecule has 0 aliphatic rings. The van der Waals surface area contributed by atoms with Crippen LogP contribution in [0.5, 0.6) is 0 Å². The van der Waals surface area contributed by atoms with Crippen molar-refractivity contribution in [3.8, 4) is 11.3 Å². The van der Waals surface area contributed by atoms with E-state index in [0.29, 0.717) is 35.1 Å². The van der Waals surface area contributed by atoms with Gasteiger partial charge in [-0.25, -0.2) is 0 Å². The van der Waals surface area contributed by atoms with Gasteiger partial charge in [0.25, 0.3) is 5.91 Å². The Balaban J connectivity index is 1.57. The minimum absolute atomic E-state index is 0.144. The summed E-state index contributed by atoms with van der Waals surface area (Å²) in [5, 5.41) is 11.0. The number of nitrogens with zero attached hydrogens (tertiary/aromatic N) is 2. The van der Waals surface area contributed by atoms with Gasteiger partial charge in [0.05, 0.1) is 12.1 Å². The van der Waals surface area contributed by atoms with Gasteiger partial charge in [-0.05, 0) is 35.4 Å². The fourth-order valence-electron chi connectivity index (χ4n) is 3.50. The lowest BCUT2D eigenvalue weighted by Gasteiger charge is -2.08. The number of rotatable bonds is 7. The predicted octanol–water partition coefficient (Wildman–Crippen LogP) is 5.14. The van der Waals surface area contributed by atoms with Crippen LogP contribution in [-0.2, 0) is 17.9 Å². The number of benzene rings is 3. The molecule has 7 heteroatoms. The molecule has 166 valence electrons. The van der Waals surface area contributed by atoms with Gasteiger partial charge in [0.1, 0.15) is 5.69 Å². The molecule has 0 atom stereocenters. The lowest BCUT2D eigenvalue weighted by Crippen LogP contribution is -2.23. The van der Waals surface area contributed by atoms with Crippen molar-refractivity contribution in [3.63, 3.8) is 0 Å². The first-order valence-corrected chi connectivity index (χ1v) is 10.9. The van der Waals surface area contributed by atoms with Crippen molar-refractivity contribution in [2.45, 2.75) is 20.0 Å². The zero-order valence-electron chi connectivity index (χ0n) is 18.1. The van der Waals surface area contributed by atoms with Gasteiger partial charge in [-0.1, -0.05) is 66.2 Å². The first-order chi connectivity index (χ1) is 16.0. The van der Waals surface area contributed by atoms with Gasteiger partial charge < -0.3 is 10.6 Å². The molecule has 4 rings (SSSR count). The van der Waals surface area contributed by atoms with Crippen molar-refractivity contribution < 1.29 is 9.59 Å². The monoisotopic (exact) mass is 458 g/mol. The Labute approximate surface area is 197 Å². The number of hydrogen-bond donors (Lipinski definition) is 2. The number of carbonyl (C=O) groups excluding carboxylic acids is 2. The van der Waals surface area contributed by atoms with Crippen LogP contribution in [0.4, 0.5) is 5.69 Å². The van der Waals surface area contributed by atoms with Crippen molar-refractivity contribution in [1.29, 1.82) is 0 Å². The lowest BCUT2D eigenvalue weighted by atomic mass is 10.1. The molecular formula is C26H23ClN4O2. The van der Waals surface area contributed by atoms with E-state index < -0.39 is 0 Å². The van der Waals surface area contributed by atoms with Crippen LogP contribution in [0.15, 0.2) is 85.1 Å². The third-order valence-electron chi connectivity index (χ3n) is 5.01. The van der Waals surface area contributed by atoms with E-state index >= 15 is 0 Å². The highest BCUT2D eigenvalue weighted by atomic mass is 35.5. The summed E-state index contributed by atoms with van der Waals surface area (Å²) < 4.78 is 1.77. The van der Waals surface area contributed by atoms with Crippen LogP contribution in [0.3, 0.4) is 0 Å². The number of amides is 2. The van der Waals surface area contributed by atoms with E-state index in [-0.39, 0.29) is 11.8 Å². The van der Waals surface area contributed by atoms with E-state index in [4.69, 9.17) is 16.7 Å². The maximum atomic E-state index is 13.1. The minimum Gasteiger partial charge on any atom is -0.348 e. The first-order valence-electron chi connectivity index (χ1n) is 10.5. The van der Waals surface area contributed by atoms with Crippen LogP contribution in [0.2, 0.25) is 5.02 Å². The molecule has 33 heavy (non-hydrogen) atoms. The van der Waals surface area contributed by atoms with Crippen molar-refractivity contribution in [1.82, 2.24) is 15.1 Å². The van der Waals surface area contributed by atoms with Gasteiger partial charge in [0.15, 0.2) is 0 Å². The molecule has 0 unspecified atom stereocenters. The average Bonchev–Trinajstić information content (AvgIpc) is 3.22. The van der Waals surface area contributed by atoms with Crippen molar-refractivity contribution in [3.05, 3.63) is 107 Å². The molecule has 0 saturated carbocycles. The van der Waals surface area contributed by atoms with Gasteiger partial charge in [-0.3, -0.25) is 14.3 Å². The Morgan fingerprint density at radius 2 is 1.67 bits per heavy atom. The number of halogens is 1. The summed E-state index contributed by atoms with van der Waals surface area (Å²) in [6.07, 6.45) is 1.76. The van der Waals surface area contributed by atoms with Crippen molar-refractivity contribution in [2.75, 3.05) is 5.32 Å². The molecule has 0 spiro atoms. The molecule has 0 aliphatic heterocycles. The van der Waals surface area contributed by atoms with Crippen molar-refractivity contribution in [2.24, 2.45) is 0 Å². The Bertz CT molecular complexity index is 1270. The molecule has 6 nitrogen and oxygen atoms in total. The molecule has 1 heterocycles. The molecule has 3 aromatic carbocycles. The average molecular weight is 459 g/mol. The molecule has 0 aliphatic carbocycles. The fraction of sp³-hybridized carbons (Fsp3) is 0.115. The van der Waals surface area contributed by atoms with Gasteiger partial charge in [0, 0.05) is 35.9 Å². The van der Waals surface area contributed by atoms with Crippen LogP contribution in [0, 0.1) is 0 Å². The molecule has 1 aromatic heterocycles. The molecule has 0 saturated heterocycles. The predicted molar refractivity (Wildman–Crippen MR) is 130 cm³/mol. The normalized spacial score (nSPS) is 10.6. The molecule has 0 fully saturated rings. The first kappa shape index (κ1) is 22.3. The summed E-state index contributed by atoms with van der Waals surface area (Å²) in [5.74, 6) is -0.376. The molecule has 0 bridgehead atoms. The summed E-state index contributed by atoms with van der Waals surface area (Å²) >= 11 is 6.04. The van der Waals surface area contributed by atoms with Gasteiger partial charge in [-0.2, -0.15) is 5.10 Å².